The fraction of sp³-hybridized carbons (Fsp3) is 0.321. The number of benzene rings is 3. The first-order chi connectivity index (χ1) is 16.0. The minimum Gasteiger partial charge on any atom is -0.497 e. The van der Waals surface area contributed by atoms with Crippen molar-refractivity contribution >= 4 is 5.97 Å². The maximum Gasteiger partial charge on any atom is 0.303 e. The molecule has 0 radical (unpaired) electrons. The highest BCUT2D eigenvalue weighted by molar-refractivity contribution is 5.72. The summed E-state index contributed by atoms with van der Waals surface area (Å²) in [7, 11) is 1.66. The Morgan fingerprint density at radius 1 is 0.970 bits per heavy atom. The molecule has 1 N–H and O–H groups in total. The molecule has 5 nitrogen and oxygen atoms in total. The molecule has 3 aromatic carbocycles. The Balaban J connectivity index is 1.78. The second-order valence-corrected chi connectivity index (χ2v) is 8.12. The van der Waals surface area contributed by atoms with Crippen molar-refractivity contribution in [1.29, 1.82) is 0 Å². The number of rotatable bonds is 12. The van der Waals surface area contributed by atoms with Crippen LogP contribution in [0.3, 0.4) is 0 Å². The van der Waals surface area contributed by atoms with E-state index in [4.69, 9.17) is 19.3 Å². The summed E-state index contributed by atoms with van der Waals surface area (Å²) in [5.41, 5.74) is 4.00. The summed E-state index contributed by atoms with van der Waals surface area (Å²) in [6, 6.07) is 21.7. The monoisotopic (exact) mass is 448 g/mol. The molecule has 0 fully saturated rings. The van der Waals surface area contributed by atoms with Gasteiger partial charge in [-0.25, -0.2) is 0 Å². The van der Waals surface area contributed by atoms with Crippen LogP contribution in [0.15, 0.2) is 66.7 Å². The molecule has 1 atom stereocenters. The fourth-order valence-corrected chi connectivity index (χ4v) is 3.59. The zero-order valence-corrected chi connectivity index (χ0v) is 19.5. The number of hydrogen-bond donors (Lipinski definition) is 1. The van der Waals surface area contributed by atoms with Crippen LogP contribution in [0.25, 0.3) is 11.1 Å². The van der Waals surface area contributed by atoms with E-state index in [-0.39, 0.29) is 12.3 Å². The molecular weight excluding hydrogens is 416 g/mol. The molecule has 0 aliphatic carbocycles. The first-order valence-electron chi connectivity index (χ1n) is 11.3. The van der Waals surface area contributed by atoms with Crippen molar-refractivity contribution < 1.29 is 24.1 Å². The summed E-state index contributed by atoms with van der Waals surface area (Å²) in [5, 5.41) is 9.05. The van der Waals surface area contributed by atoms with Gasteiger partial charge in [-0.1, -0.05) is 56.7 Å². The van der Waals surface area contributed by atoms with E-state index < -0.39 is 5.97 Å². The van der Waals surface area contributed by atoms with Crippen molar-refractivity contribution in [2.24, 2.45) is 0 Å². The molecule has 0 aliphatic rings. The summed E-state index contributed by atoms with van der Waals surface area (Å²) in [6.07, 6.45) is 2.14. The largest absolute Gasteiger partial charge is 0.497 e. The highest BCUT2D eigenvalue weighted by Crippen LogP contribution is 2.33. The first kappa shape index (κ1) is 24.2. The van der Waals surface area contributed by atoms with Gasteiger partial charge in [-0.05, 0) is 59.4 Å². The molecule has 3 rings (SSSR count). The van der Waals surface area contributed by atoms with Crippen LogP contribution >= 0.6 is 0 Å². The summed E-state index contributed by atoms with van der Waals surface area (Å²) < 4.78 is 17.5. The first-order valence-corrected chi connectivity index (χ1v) is 11.3. The number of methoxy groups -OCH3 is 1. The van der Waals surface area contributed by atoms with Crippen molar-refractivity contribution in [3.63, 3.8) is 0 Å². The van der Waals surface area contributed by atoms with Gasteiger partial charge >= 0.3 is 5.97 Å². The van der Waals surface area contributed by atoms with E-state index in [1.54, 1.807) is 7.11 Å². The summed E-state index contributed by atoms with van der Waals surface area (Å²) in [6.45, 7) is 5.09. The van der Waals surface area contributed by atoms with Gasteiger partial charge in [0.25, 0.3) is 0 Å². The lowest BCUT2D eigenvalue weighted by Gasteiger charge is -2.15. The predicted octanol–water partition coefficient (Wildman–Crippen LogP) is 6.70. The molecular formula is C28H32O5. The predicted molar refractivity (Wildman–Crippen MR) is 130 cm³/mol. The number of carboxylic acids is 1. The van der Waals surface area contributed by atoms with Crippen LogP contribution in [-0.2, 0) is 11.4 Å². The minimum absolute atomic E-state index is 0.0771. The minimum atomic E-state index is -0.805. The molecule has 0 bridgehead atoms. The molecule has 33 heavy (non-hydrogen) atoms. The second-order valence-electron chi connectivity index (χ2n) is 8.12. The van der Waals surface area contributed by atoms with Gasteiger partial charge in [-0.2, -0.15) is 0 Å². The van der Waals surface area contributed by atoms with E-state index in [2.05, 4.69) is 13.0 Å². The van der Waals surface area contributed by atoms with Gasteiger partial charge in [-0.3, -0.25) is 4.79 Å². The van der Waals surface area contributed by atoms with Crippen LogP contribution in [0.1, 0.15) is 50.2 Å². The van der Waals surface area contributed by atoms with Crippen LogP contribution in [0.2, 0.25) is 0 Å². The van der Waals surface area contributed by atoms with Gasteiger partial charge < -0.3 is 19.3 Å². The maximum atomic E-state index is 11.0. The van der Waals surface area contributed by atoms with Crippen LogP contribution in [0.5, 0.6) is 17.2 Å². The van der Waals surface area contributed by atoms with Gasteiger partial charge in [0.15, 0.2) is 0 Å². The third kappa shape index (κ3) is 7.01. The Morgan fingerprint density at radius 3 is 2.52 bits per heavy atom. The lowest BCUT2D eigenvalue weighted by atomic mass is 9.98. The van der Waals surface area contributed by atoms with Crippen LogP contribution in [-0.4, -0.2) is 24.8 Å². The van der Waals surface area contributed by atoms with Gasteiger partial charge in [0.2, 0.25) is 0 Å². The summed E-state index contributed by atoms with van der Waals surface area (Å²) >= 11 is 0. The molecule has 0 unspecified atom stereocenters. The number of unbranched alkanes of at least 4 members (excludes halogenated alkanes) is 1. The Hall–Kier alpha value is -3.47. The number of ether oxygens (including phenoxy) is 3. The average Bonchev–Trinajstić information content (AvgIpc) is 2.83. The van der Waals surface area contributed by atoms with Crippen molar-refractivity contribution in [3.8, 4) is 28.4 Å². The summed E-state index contributed by atoms with van der Waals surface area (Å²) in [5.74, 6) is 1.46. The fourth-order valence-electron chi connectivity index (χ4n) is 3.59. The lowest BCUT2D eigenvalue weighted by molar-refractivity contribution is -0.137. The number of hydrogen-bond acceptors (Lipinski definition) is 4. The van der Waals surface area contributed by atoms with E-state index >= 15 is 0 Å². The van der Waals surface area contributed by atoms with Gasteiger partial charge in [0.1, 0.15) is 23.9 Å². The molecule has 0 saturated carbocycles. The van der Waals surface area contributed by atoms with Gasteiger partial charge in [0, 0.05) is 5.56 Å². The smallest absolute Gasteiger partial charge is 0.303 e. The second kappa shape index (κ2) is 12.0. The number of carboxylic acid groups (broad SMARTS) is 1. The van der Waals surface area contributed by atoms with E-state index in [9.17, 15) is 4.79 Å². The molecule has 3 aromatic rings. The van der Waals surface area contributed by atoms with E-state index in [0.717, 1.165) is 52.3 Å². The Morgan fingerprint density at radius 2 is 1.76 bits per heavy atom. The normalized spacial score (nSPS) is 11.6. The SMILES string of the molecule is CCCCOc1cc(COc2cccc([C@H](C)CC(=O)O)c2)ccc1-c1cccc(OC)c1. The summed E-state index contributed by atoms with van der Waals surface area (Å²) in [4.78, 5) is 11.0. The van der Waals surface area contributed by atoms with Gasteiger partial charge in [0.05, 0.1) is 20.1 Å². The standard InChI is InChI=1S/C28H32O5/c1-4-5-14-32-27-16-21(12-13-26(27)23-9-7-10-24(18-23)31-3)19-33-25-11-6-8-22(17-25)20(2)15-28(29)30/h6-13,16-18,20H,4-5,14-15,19H2,1-3H3,(H,29,30)/t20-/m1/s1. The quantitative estimate of drug-likeness (QED) is 0.312. The third-order valence-electron chi connectivity index (χ3n) is 5.50. The molecule has 174 valence electrons. The average molecular weight is 449 g/mol. The van der Waals surface area contributed by atoms with Crippen LogP contribution in [0, 0.1) is 0 Å². The highest BCUT2D eigenvalue weighted by atomic mass is 16.5. The molecule has 0 saturated heterocycles. The van der Waals surface area contributed by atoms with Crippen molar-refractivity contribution in [2.75, 3.05) is 13.7 Å². The Labute approximate surface area is 195 Å². The molecule has 0 heterocycles. The van der Waals surface area contributed by atoms with Crippen molar-refractivity contribution in [3.05, 3.63) is 77.9 Å². The van der Waals surface area contributed by atoms with E-state index in [0.29, 0.717) is 13.2 Å². The van der Waals surface area contributed by atoms with Crippen molar-refractivity contribution in [2.45, 2.75) is 45.6 Å². The maximum absolute atomic E-state index is 11.0. The molecule has 0 spiro atoms. The number of aliphatic carboxylic acids is 1. The van der Waals surface area contributed by atoms with Crippen LogP contribution in [0.4, 0.5) is 0 Å². The van der Waals surface area contributed by atoms with E-state index in [1.807, 2.05) is 67.6 Å². The Bertz CT molecular complexity index is 1060. The molecule has 0 aliphatic heterocycles. The van der Waals surface area contributed by atoms with Crippen LogP contribution < -0.4 is 14.2 Å². The molecule has 0 amide bonds. The zero-order valence-electron chi connectivity index (χ0n) is 19.5. The Kier molecular flexibility index (Phi) is 8.76. The topological polar surface area (TPSA) is 65.0 Å². The zero-order chi connectivity index (χ0) is 23.6. The van der Waals surface area contributed by atoms with Gasteiger partial charge in [-0.15, -0.1) is 0 Å². The molecule has 5 heteroatoms. The highest BCUT2D eigenvalue weighted by Gasteiger charge is 2.12. The lowest BCUT2D eigenvalue weighted by Crippen LogP contribution is -2.03. The molecule has 0 aromatic heterocycles. The van der Waals surface area contributed by atoms with E-state index in [1.165, 1.54) is 0 Å². The number of carbonyl (C=O) groups is 1. The van der Waals surface area contributed by atoms with Crippen molar-refractivity contribution in [1.82, 2.24) is 0 Å². The third-order valence-corrected chi connectivity index (χ3v) is 5.50.